The molecule has 0 spiro atoms. The first-order chi connectivity index (χ1) is 8.90. The van der Waals surface area contributed by atoms with E-state index >= 15 is 0 Å². The number of sulfonamides is 1. The number of halogens is 3. The smallest absolute Gasteiger partial charge is 0.243 e. The van der Waals surface area contributed by atoms with E-state index in [2.05, 4.69) is 26.0 Å². The summed E-state index contributed by atoms with van der Waals surface area (Å²) in [6.07, 6.45) is 0.899. The van der Waals surface area contributed by atoms with Crippen LogP contribution in [-0.2, 0) is 10.0 Å². The predicted octanol–water partition coefficient (Wildman–Crippen LogP) is 2.29. The Labute approximate surface area is 133 Å². The van der Waals surface area contributed by atoms with Gasteiger partial charge in [-0.1, -0.05) is 22.9 Å². The fourth-order valence-electron chi connectivity index (χ4n) is 2.10. The summed E-state index contributed by atoms with van der Waals surface area (Å²) in [6, 6.07) is 3.72. The van der Waals surface area contributed by atoms with Crippen LogP contribution in [0.5, 0.6) is 0 Å². The standard InChI is InChI=1S/C12H16BrFN2O2S.ClH/c1-8-4-5-15-7-11(8)16-19(17,18)12-3-2-9(13)6-10(12)14;/h2-3,6,8,11,15-16H,4-5,7H2,1H3;1H. The summed E-state index contributed by atoms with van der Waals surface area (Å²) >= 11 is 3.11. The Kier molecular flexibility index (Phi) is 6.40. The lowest BCUT2D eigenvalue weighted by Crippen LogP contribution is -2.50. The van der Waals surface area contributed by atoms with Gasteiger partial charge in [0.1, 0.15) is 10.7 Å². The molecule has 0 radical (unpaired) electrons. The van der Waals surface area contributed by atoms with Crippen molar-refractivity contribution >= 4 is 38.4 Å². The van der Waals surface area contributed by atoms with Crippen LogP contribution < -0.4 is 10.0 Å². The van der Waals surface area contributed by atoms with Gasteiger partial charge in [0.15, 0.2) is 0 Å². The first-order valence-electron chi connectivity index (χ1n) is 6.08. The lowest BCUT2D eigenvalue weighted by Gasteiger charge is -2.30. The van der Waals surface area contributed by atoms with Crippen molar-refractivity contribution in [1.29, 1.82) is 0 Å². The van der Waals surface area contributed by atoms with Crippen molar-refractivity contribution in [3.63, 3.8) is 0 Å². The summed E-state index contributed by atoms with van der Waals surface area (Å²) in [4.78, 5) is -0.312. The average Bonchev–Trinajstić information content (AvgIpc) is 2.31. The molecule has 1 aromatic rings. The topological polar surface area (TPSA) is 58.2 Å². The predicted molar refractivity (Wildman–Crippen MR) is 82.1 cm³/mol. The second-order valence-electron chi connectivity index (χ2n) is 4.77. The fraction of sp³-hybridized carbons (Fsp3) is 0.500. The van der Waals surface area contributed by atoms with Crippen LogP contribution in [-0.4, -0.2) is 27.5 Å². The summed E-state index contributed by atoms with van der Waals surface area (Å²) in [5, 5.41) is 3.13. The van der Waals surface area contributed by atoms with Crippen molar-refractivity contribution in [1.82, 2.24) is 10.0 Å². The van der Waals surface area contributed by atoms with E-state index in [1.807, 2.05) is 6.92 Å². The van der Waals surface area contributed by atoms with Crippen molar-refractivity contribution in [2.24, 2.45) is 5.92 Å². The van der Waals surface area contributed by atoms with Crippen molar-refractivity contribution < 1.29 is 12.8 Å². The van der Waals surface area contributed by atoms with Crippen LogP contribution in [0.4, 0.5) is 4.39 Å². The third kappa shape index (κ3) is 4.14. The molecule has 8 heteroatoms. The highest BCUT2D eigenvalue weighted by Gasteiger charge is 2.28. The number of benzene rings is 1. The second-order valence-corrected chi connectivity index (χ2v) is 7.37. The fourth-order valence-corrected chi connectivity index (χ4v) is 3.84. The molecule has 2 unspecified atom stereocenters. The van der Waals surface area contributed by atoms with Gasteiger partial charge in [0, 0.05) is 17.1 Å². The molecule has 20 heavy (non-hydrogen) atoms. The maximum Gasteiger partial charge on any atom is 0.243 e. The van der Waals surface area contributed by atoms with Gasteiger partial charge in [-0.05, 0) is 37.1 Å². The molecule has 1 saturated heterocycles. The quantitative estimate of drug-likeness (QED) is 0.836. The van der Waals surface area contributed by atoms with Gasteiger partial charge in [-0.15, -0.1) is 12.4 Å². The summed E-state index contributed by atoms with van der Waals surface area (Å²) in [6.45, 7) is 3.44. The van der Waals surface area contributed by atoms with Crippen LogP contribution in [0, 0.1) is 11.7 Å². The monoisotopic (exact) mass is 386 g/mol. The summed E-state index contributed by atoms with van der Waals surface area (Å²) in [7, 11) is -3.83. The highest BCUT2D eigenvalue weighted by Crippen LogP contribution is 2.21. The van der Waals surface area contributed by atoms with Crippen molar-refractivity contribution in [3.05, 3.63) is 28.5 Å². The molecule has 1 aliphatic rings. The summed E-state index contributed by atoms with van der Waals surface area (Å²) in [5.74, 6) is -0.521. The van der Waals surface area contributed by atoms with Gasteiger partial charge in [-0.25, -0.2) is 17.5 Å². The number of nitrogens with one attached hydrogen (secondary N) is 2. The first-order valence-corrected chi connectivity index (χ1v) is 8.36. The zero-order chi connectivity index (χ0) is 14.0. The summed E-state index contributed by atoms with van der Waals surface area (Å²) in [5.41, 5.74) is 0. The largest absolute Gasteiger partial charge is 0.315 e. The Morgan fingerprint density at radius 1 is 1.45 bits per heavy atom. The molecule has 2 atom stereocenters. The average molecular weight is 388 g/mol. The molecule has 0 bridgehead atoms. The molecule has 114 valence electrons. The Hall–Kier alpha value is -0.210. The molecule has 0 saturated carbocycles. The molecule has 2 N–H and O–H groups in total. The van der Waals surface area contributed by atoms with E-state index < -0.39 is 15.8 Å². The van der Waals surface area contributed by atoms with Crippen LogP contribution in [0.1, 0.15) is 13.3 Å². The number of hydrogen-bond donors (Lipinski definition) is 2. The first kappa shape index (κ1) is 17.8. The van der Waals surface area contributed by atoms with Gasteiger partial charge in [0.05, 0.1) is 0 Å². The molecule has 0 aromatic heterocycles. The molecule has 2 rings (SSSR count). The number of rotatable bonds is 3. The second kappa shape index (κ2) is 7.17. The van der Waals surface area contributed by atoms with E-state index in [0.717, 1.165) is 19.0 Å². The third-order valence-corrected chi connectivity index (χ3v) is 5.33. The van der Waals surface area contributed by atoms with E-state index in [9.17, 15) is 12.8 Å². The molecule has 0 aliphatic carbocycles. The van der Waals surface area contributed by atoms with Gasteiger partial charge < -0.3 is 5.32 Å². The van der Waals surface area contributed by atoms with Crippen molar-refractivity contribution in [2.75, 3.05) is 13.1 Å². The molecule has 1 fully saturated rings. The van der Waals surface area contributed by atoms with Crippen molar-refractivity contribution in [3.8, 4) is 0 Å². The van der Waals surface area contributed by atoms with Crippen LogP contribution in [0.3, 0.4) is 0 Å². The highest BCUT2D eigenvalue weighted by molar-refractivity contribution is 9.10. The summed E-state index contributed by atoms with van der Waals surface area (Å²) < 4.78 is 41.2. The minimum Gasteiger partial charge on any atom is -0.315 e. The molecule has 0 amide bonds. The van der Waals surface area contributed by atoms with E-state index in [0.29, 0.717) is 11.0 Å². The van der Waals surface area contributed by atoms with Crippen LogP contribution in [0.15, 0.2) is 27.6 Å². The van der Waals surface area contributed by atoms with Crippen LogP contribution in [0.2, 0.25) is 0 Å². The van der Waals surface area contributed by atoms with E-state index in [1.165, 1.54) is 12.1 Å². The van der Waals surface area contributed by atoms with Crippen molar-refractivity contribution in [2.45, 2.75) is 24.3 Å². The van der Waals surface area contributed by atoms with E-state index in [4.69, 9.17) is 0 Å². The van der Waals surface area contributed by atoms with E-state index in [1.54, 1.807) is 0 Å². The van der Waals surface area contributed by atoms with Crippen LogP contribution in [0.25, 0.3) is 0 Å². The lowest BCUT2D eigenvalue weighted by atomic mass is 9.96. The molecule has 1 heterocycles. The Balaban J connectivity index is 0.00000200. The number of hydrogen-bond acceptors (Lipinski definition) is 3. The molecule has 1 aromatic carbocycles. The minimum atomic E-state index is -3.83. The highest BCUT2D eigenvalue weighted by atomic mass is 79.9. The molecular weight excluding hydrogens is 371 g/mol. The Morgan fingerprint density at radius 2 is 2.15 bits per heavy atom. The maximum atomic E-state index is 13.7. The zero-order valence-electron chi connectivity index (χ0n) is 10.9. The Bertz CT molecular complexity index is 571. The number of piperidine rings is 1. The maximum absolute atomic E-state index is 13.7. The van der Waals surface area contributed by atoms with Gasteiger partial charge in [0.2, 0.25) is 10.0 Å². The van der Waals surface area contributed by atoms with Gasteiger partial charge >= 0.3 is 0 Å². The normalized spacial score (nSPS) is 23.1. The van der Waals surface area contributed by atoms with E-state index in [-0.39, 0.29) is 29.3 Å². The zero-order valence-corrected chi connectivity index (χ0v) is 14.1. The van der Waals surface area contributed by atoms with Crippen LogP contribution >= 0.6 is 28.3 Å². The third-order valence-electron chi connectivity index (χ3n) is 3.32. The lowest BCUT2D eigenvalue weighted by molar-refractivity contribution is 0.327. The molecular formula is C12H17BrClFN2O2S. The van der Waals surface area contributed by atoms with Gasteiger partial charge in [0.25, 0.3) is 0 Å². The van der Waals surface area contributed by atoms with Gasteiger partial charge in [-0.2, -0.15) is 0 Å². The SMILES string of the molecule is CC1CCNCC1NS(=O)(=O)c1ccc(Br)cc1F.Cl. The van der Waals surface area contributed by atoms with Gasteiger partial charge in [-0.3, -0.25) is 0 Å². The molecule has 4 nitrogen and oxygen atoms in total. The molecule has 1 aliphatic heterocycles. The minimum absolute atomic E-state index is 0. The Morgan fingerprint density at radius 3 is 2.75 bits per heavy atom.